The Balaban J connectivity index is 2.43. The summed E-state index contributed by atoms with van der Waals surface area (Å²) in [5.74, 6) is 0.350. The largest absolute Gasteiger partial charge is 0.369 e. The van der Waals surface area contributed by atoms with E-state index in [9.17, 15) is 15.0 Å². The van der Waals surface area contributed by atoms with E-state index in [1.165, 1.54) is 7.05 Å². The van der Waals surface area contributed by atoms with E-state index in [1.807, 2.05) is 19.9 Å². The summed E-state index contributed by atoms with van der Waals surface area (Å²) in [6, 6.07) is 3.10. The first kappa shape index (κ1) is 11.8. The summed E-state index contributed by atoms with van der Waals surface area (Å²) in [7, 11) is 1.43. The third-order valence-electron chi connectivity index (χ3n) is 2.77. The van der Waals surface area contributed by atoms with Crippen molar-refractivity contribution in [2.45, 2.75) is 26.3 Å². The van der Waals surface area contributed by atoms with Crippen molar-refractivity contribution in [3.05, 3.63) is 23.4 Å². The molecule has 1 aromatic rings. The Bertz CT molecular complexity index is 443. The highest BCUT2D eigenvalue weighted by Crippen LogP contribution is 2.25. The molecule has 1 saturated heterocycles. The monoisotopic (exact) mass is 237 g/mol. The van der Waals surface area contributed by atoms with E-state index < -0.39 is 18.5 Å². The molecule has 92 valence electrons. The molecule has 2 rings (SSSR count). The highest BCUT2D eigenvalue weighted by atomic mass is 16.4. The molecular formula is C11H15N3O3. The molecule has 1 fully saturated rings. The van der Waals surface area contributed by atoms with Gasteiger partial charge in [-0.3, -0.25) is 4.90 Å². The summed E-state index contributed by atoms with van der Waals surface area (Å²) in [4.78, 5) is 18.2. The van der Waals surface area contributed by atoms with Crippen LogP contribution in [0.5, 0.6) is 0 Å². The van der Waals surface area contributed by atoms with Crippen LogP contribution in [-0.4, -0.2) is 45.6 Å². The Labute approximate surface area is 99.1 Å². The van der Waals surface area contributed by atoms with E-state index in [1.54, 1.807) is 6.07 Å². The second-order valence-electron chi connectivity index (χ2n) is 4.23. The molecule has 2 atom stereocenters. The lowest BCUT2D eigenvalue weighted by Gasteiger charge is -2.19. The number of aliphatic hydroxyl groups is 2. The van der Waals surface area contributed by atoms with Gasteiger partial charge in [0.1, 0.15) is 5.82 Å². The molecular weight excluding hydrogens is 222 g/mol. The standard InChI is InChI=1S/C11H15N3O3/c1-6-4-7(2)12-8(5-6)14-10(16)9(15)13(3)11(14)17/h4-5,9-10,15-16H,1-3H3. The predicted octanol–water partition coefficient (Wildman–Crippen LogP) is 0.207. The molecule has 0 saturated carbocycles. The first-order valence-electron chi connectivity index (χ1n) is 5.29. The van der Waals surface area contributed by atoms with Gasteiger partial charge in [0.25, 0.3) is 0 Å². The van der Waals surface area contributed by atoms with Crippen LogP contribution in [0, 0.1) is 13.8 Å². The van der Waals surface area contributed by atoms with E-state index in [0.717, 1.165) is 21.1 Å². The van der Waals surface area contributed by atoms with E-state index in [-0.39, 0.29) is 0 Å². The maximum Gasteiger partial charge on any atom is 0.329 e. The quantitative estimate of drug-likeness (QED) is 0.732. The van der Waals surface area contributed by atoms with Crippen LogP contribution in [0.25, 0.3) is 0 Å². The van der Waals surface area contributed by atoms with Crippen molar-refractivity contribution in [3.63, 3.8) is 0 Å². The Morgan fingerprint density at radius 2 is 1.88 bits per heavy atom. The first-order chi connectivity index (χ1) is 7.91. The molecule has 1 aromatic heterocycles. The van der Waals surface area contributed by atoms with E-state index >= 15 is 0 Å². The Kier molecular flexibility index (Phi) is 2.76. The lowest BCUT2D eigenvalue weighted by Crippen LogP contribution is -2.37. The van der Waals surface area contributed by atoms with E-state index in [4.69, 9.17) is 0 Å². The molecule has 2 unspecified atom stereocenters. The molecule has 2 N–H and O–H groups in total. The highest BCUT2D eigenvalue weighted by molar-refractivity contribution is 5.93. The summed E-state index contributed by atoms with van der Waals surface area (Å²) in [5, 5.41) is 19.4. The minimum absolute atomic E-state index is 0.350. The summed E-state index contributed by atoms with van der Waals surface area (Å²) in [6.45, 7) is 3.69. The summed E-state index contributed by atoms with van der Waals surface area (Å²) >= 11 is 0. The summed E-state index contributed by atoms with van der Waals surface area (Å²) < 4.78 is 0. The lowest BCUT2D eigenvalue weighted by molar-refractivity contribution is -0.0183. The van der Waals surface area contributed by atoms with E-state index in [2.05, 4.69) is 4.98 Å². The van der Waals surface area contributed by atoms with Crippen LogP contribution in [0.15, 0.2) is 12.1 Å². The third kappa shape index (κ3) is 1.85. The third-order valence-corrected chi connectivity index (χ3v) is 2.77. The van der Waals surface area contributed by atoms with Crippen LogP contribution in [0.3, 0.4) is 0 Å². The second-order valence-corrected chi connectivity index (χ2v) is 4.23. The summed E-state index contributed by atoms with van der Waals surface area (Å²) in [6.07, 6.45) is -2.52. The van der Waals surface area contributed by atoms with Crippen molar-refractivity contribution >= 4 is 11.8 Å². The lowest BCUT2D eigenvalue weighted by atomic mass is 10.2. The summed E-state index contributed by atoms with van der Waals surface area (Å²) in [5.41, 5.74) is 1.69. The van der Waals surface area contributed by atoms with Crippen LogP contribution >= 0.6 is 0 Å². The molecule has 1 aliphatic rings. The van der Waals surface area contributed by atoms with Gasteiger partial charge < -0.3 is 10.2 Å². The minimum Gasteiger partial charge on any atom is -0.369 e. The van der Waals surface area contributed by atoms with Crippen LogP contribution in [-0.2, 0) is 0 Å². The average Bonchev–Trinajstić information content (AvgIpc) is 2.42. The number of hydrogen-bond acceptors (Lipinski definition) is 4. The van der Waals surface area contributed by atoms with Gasteiger partial charge in [-0.05, 0) is 31.5 Å². The van der Waals surface area contributed by atoms with Gasteiger partial charge >= 0.3 is 6.03 Å². The van der Waals surface area contributed by atoms with Gasteiger partial charge in [-0.1, -0.05) is 0 Å². The van der Waals surface area contributed by atoms with Crippen LogP contribution < -0.4 is 4.90 Å². The van der Waals surface area contributed by atoms with Crippen molar-refractivity contribution in [2.24, 2.45) is 0 Å². The van der Waals surface area contributed by atoms with Gasteiger partial charge in [0.2, 0.25) is 0 Å². The van der Waals surface area contributed by atoms with Gasteiger partial charge in [0, 0.05) is 12.7 Å². The van der Waals surface area contributed by atoms with Crippen LogP contribution in [0.2, 0.25) is 0 Å². The molecule has 2 heterocycles. The number of nitrogens with zero attached hydrogens (tertiary/aromatic N) is 3. The van der Waals surface area contributed by atoms with Gasteiger partial charge in [0.15, 0.2) is 12.5 Å². The number of likely N-dealkylation sites (N-methyl/N-ethyl adjacent to an activating group) is 1. The SMILES string of the molecule is Cc1cc(C)nc(N2C(=O)N(C)C(O)C2O)c1. The minimum atomic E-state index is -1.29. The van der Waals surface area contributed by atoms with Crippen LogP contribution in [0.1, 0.15) is 11.3 Å². The van der Waals surface area contributed by atoms with Crippen molar-refractivity contribution < 1.29 is 15.0 Å². The number of aromatic nitrogens is 1. The Morgan fingerprint density at radius 3 is 2.35 bits per heavy atom. The fourth-order valence-corrected chi connectivity index (χ4v) is 1.91. The average molecular weight is 237 g/mol. The molecule has 6 nitrogen and oxygen atoms in total. The van der Waals surface area contributed by atoms with Gasteiger partial charge in [-0.25, -0.2) is 14.7 Å². The zero-order chi connectivity index (χ0) is 12.7. The molecule has 17 heavy (non-hydrogen) atoms. The molecule has 0 bridgehead atoms. The maximum atomic E-state index is 11.8. The van der Waals surface area contributed by atoms with Crippen molar-refractivity contribution in [1.29, 1.82) is 0 Å². The van der Waals surface area contributed by atoms with Crippen LogP contribution in [0.4, 0.5) is 10.6 Å². The number of aliphatic hydroxyl groups excluding tert-OH is 2. The van der Waals surface area contributed by atoms with Crippen molar-refractivity contribution in [2.75, 3.05) is 11.9 Å². The fourth-order valence-electron chi connectivity index (χ4n) is 1.91. The molecule has 0 aliphatic carbocycles. The molecule has 6 heteroatoms. The maximum absolute atomic E-state index is 11.8. The van der Waals surface area contributed by atoms with E-state index in [0.29, 0.717) is 5.82 Å². The topological polar surface area (TPSA) is 76.9 Å². The highest BCUT2D eigenvalue weighted by Gasteiger charge is 2.43. The molecule has 2 amide bonds. The molecule has 1 aliphatic heterocycles. The molecule has 0 spiro atoms. The van der Waals surface area contributed by atoms with Gasteiger partial charge in [-0.2, -0.15) is 0 Å². The number of aryl methyl sites for hydroxylation is 2. The number of amides is 2. The zero-order valence-corrected chi connectivity index (χ0v) is 9.95. The van der Waals surface area contributed by atoms with Crippen molar-refractivity contribution in [3.8, 4) is 0 Å². The van der Waals surface area contributed by atoms with Gasteiger partial charge in [0.05, 0.1) is 0 Å². The Morgan fingerprint density at radius 1 is 1.24 bits per heavy atom. The van der Waals surface area contributed by atoms with Crippen molar-refractivity contribution in [1.82, 2.24) is 9.88 Å². The predicted molar refractivity (Wildman–Crippen MR) is 61.4 cm³/mol. The molecule has 0 radical (unpaired) electrons. The number of anilines is 1. The zero-order valence-electron chi connectivity index (χ0n) is 9.95. The number of urea groups is 1. The fraction of sp³-hybridized carbons (Fsp3) is 0.455. The smallest absolute Gasteiger partial charge is 0.329 e. The normalized spacial score (nSPS) is 24.6. The number of carbonyl (C=O) groups excluding carboxylic acids is 1. The molecule has 0 aromatic carbocycles. The Hall–Kier alpha value is -1.66. The number of rotatable bonds is 1. The first-order valence-corrected chi connectivity index (χ1v) is 5.29. The number of carbonyl (C=O) groups is 1. The van der Waals surface area contributed by atoms with Gasteiger partial charge in [-0.15, -0.1) is 0 Å². The number of pyridine rings is 1. The second kappa shape index (κ2) is 3.97. The number of hydrogen-bond donors (Lipinski definition) is 2.